The third-order valence-corrected chi connectivity index (χ3v) is 5.19. The van der Waals surface area contributed by atoms with Gasteiger partial charge in [0, 0.05) is 38.1 Å². The molecule has 0 bridgehead atoms. The van der Waals surface area contributed by atoms with Crippen molar-refractivity contribution in [1.29, 1.82) is 0 Å². The second kappa shape index (κ2) is 10.3. The van der Waals surface area contributed by atoms with E-state index in [1.54, 1.807) is 18.9 Å². The number of H-pyrrole nitrogens is 1. The van der Waals surface area contributed by atoms with E-state index in [2.05, 4.69) is 25.4 Å². The van der Waals surface area contributed by atoms with Crippen molar-refractivity contribution in [1.82, 2.24) is 25.4 Å². The van der Waals surface area contributed by atoms with Crippen molar-refractivity contribution in [3.8, 4) is 0 Å². The Labute approximate surface area is 157 Å². The summed E-state index contributed by atoms with van der Waals surface area (Å²) in [5, 5.41) is 10.7. The van der Waals surface area contributed by atoms with E-state index < -0.39 is 0 Å². The van der Waals surface area contributed by atoms with Crippen molar-refractivity contribution >= 4 is 17.7 Å². The summed E-state index contributed by atoms with van der Waals surface area (Å²) in [5.41, 5.74) is 0.684. The number of methoxy groups -OCH3 is 1. The number of benzene rings is 1. The molecule has 2 heterocycles. The van der Waals surface area contributed by atoms with Crippen LogP contribution in [-0.4, -0.2) is 76.1 Å². The van der Waals surface area contributed by atoms with Crippen LogP contribution in [0.4, 0.5) is 0 Å². The number of piperidine rings is 1. The molecule has 0 aliphatic carbocycles. The highest BCUT2D eigenvalue weighted by Gasteiger charge is 2.30. The molecule has 0 saturated carbocycles. The predicted octanol–water partition coefficient (Wildman–Crippen LogP) is 0.591. The summed E-state index contributed by atoms with van der Waals surface area (Å²) in [4.78, 5) is 18.8. The van der Waals surface area contributed by atoms with Gasteiger partial charge in [0.05, 0.1) is 12.1 Å². The van der Waals surface area contributed by atoms with E-state index in [0.29, 0.717) is 5.56 Å². The fourth-order valence-corrected chi connectivity index (χ4v) is 3.75. The highest BCUT2D eigenvalue weighted by Crippen LogP contribution is 2.17. The molecule has 0 spiro atoms. The maximum Gasteiger partial charge on any atom is 0.251 e. The Hall–Kier alpha value is -1.94. The molecule has 1 fully saturated rings. The molecule has 1 amide bonds. The molecule has 1 saturated heterocycles. The number of ether oxygens (including phenoxy) is 1. The molecule has 4 N–H and O–H groups in total. The number of likely N-dealkylation sites (tertiary alicyclic amines) is 1. The van der Waals surface area contributed by atoms with Crippen LogP contribution in [-0.2, 0) is 4.74 Å². The number of aromatic nitrogens is 3. The van der Waals surface area contributed by atoms with Crippen LogP contribution in [0.15, 0.2) is 41.8 Å². The van der Waals surface area contributed by atoms with E-state index in [1.165, 1.54) is 6.33 Å². The number of carbonyl (C=O) groups excluding carboxylic acids is 1. The average molecular weight is 379 g/mol. The van der Waals surface area contributed by atoms with Crippen molar-refractivity contribution in [2.24, 2.45) is 0 Å². The summed E-state index contributed by atoms with van der Waals surface area (Å²) < 4.78 is 5.63. The van der Waals surface area contributed by atoms with Gasteiger partial charge in [0.2, 0.25) is 0 Å². The Balaban J connectivity index is 0.00000243. The van der Waals surface area contributed by atoms with Gasteiger partial charge in [-0.05, 0) is 18.6 Å². The minimum absolute atomic E-state index is 0. The normalized spacial score (nSPS) is 20.3. The number of hydrogen-bond acceptors (Lipinski definition) is 6. The Morgan fingerprint density at radius 2 is 2.23 bits per heavy atom. The molecular weight excluding hydrogens is 354 g/mol. The number of carbonyl (C=O) groups is 1. The average Bonchev–Trinajstić information content (AvgIpc) is 3.17. The van der Waals surface area contributed by atoms with Crippen molar-refractivity contribution in [2.75, 3.05) is 32.5 Å². The summed E-state index contributed by atoms with van der Waals surface area (Å²) in [6.07, 6.45) is 2.39. The summed E-state index contributed by atoms with van der Waals surface area (Å²) in [5.74, 6) is 0.897. The smallest absolute Gasteiger partial charge is 0.251 e. The molecule has 1 aliphatic heterocycles. The first kappa shape index (κ1) is 20.4. The topological polar surface area (TPSA) is 115 Å². The van der Waals surface area contributed by atoms with Crippen LogP contribution in [0.5, 0.6) is 0 Å². The first-order valence-electron chi connectivity index (χ1n) is 8.35. The van der Waals surface area contributed by atoms with Crippen LogP contribution < -0.4 is 5.32 Å². The van der Waals surface area contributed by atoms with E-state index in [0.717, 1.165) is 37.0 Å². The quantitative estimate of drug-likeness (QED) is 0.681. The van der Waals surface area contributed by atoms with Gasteiger partial charge in [0.1, 0.15) is 6.33 Å². The minimum atomic E-state index is -0.0398. The van der Waals surface area contributed by atoms with Crippen molar-refractivity contribution in [3.63, 3.8) is 0 Å². The summed E-state index contributed by atoms with van der Waals surface area (Å²) in [7, 11) is 1.71. The van der Waals surface area contributed by atoms with Gasteiger partial charge < -0.3 is 15.5 Å². The summed E-state index contributed by atoms with van der Waals surface area (Å²) >= 11 is 1.66. The first-order valence-corrected chi connectivity index (χ1v) is 9.34. The predicted molar refractivity (Wildman–Crippen MR) is 100 cm³/mol. The summed E-state index contributed by atoms with van der Waals surface area (Å²) in [6, 6.07) is 9.34. The molecule has 142 valence electrons. The van der Waals surface area contributed by atoms with Gasteiger partial charge in [0.25, 0.3) is 5.91 Å². The molecule has 0 radical (unpaired) electrons. The third-order valence-electron chi connectivity index (χ3n) is 4.34. The Morgan fingerprint density at radius 3 is 2.92 bits per heavy atom. The van der Waals surface area contributed by atoms with E-state index >= 15 is 0 Å². The van der Waals surface area contributed by atoms with Crippen LogP contribution in [0.1, 0.15) is 16.8 Å². The molecule has 1 aliphatic rings. The Bertz CT molecular complexity index is 656. The molecule has 9 heteroatoms. The van der Waals surface area contributed by atoms with Crippen LogP contribution in [0.3, 0.4) is 0 Å². The standard InChI is InChI=1S/C17H23N5O2S.H2O/c1-24-15-11-22(9-10-25-17-18-12-19-21-17)8-7-14(15)20-16(23)13-5-3-2-4-6-13;/h2-6,12,14-15H,7-11H2,1H3,(H,20,23)(H,18,19,21);1H2. The number of thioether (sulfide) groups is 1. The second-order valence-corrected chi connectivity index (χ2v) is 7.03. The minimum Gasteiger partial charge on any atom is -0.412 e. The monoisotopic (exact) mass is 379 g/mol. The van der Waals surface area contributed by atoms with Gasteiger partial charge >= 0.3 is 0 Å². The number of nitrogens with zero attached hydrogens (tertiary/aromatic N) is 3. The lowest BCUT2D eigenvalue weighted by Gasteiger charge is -2.38. The van der Waals surface area contributed by atoms with Gasteiger partial charge in [0.15, 0.2) is 5.16 Å². The van der Waals surface area contributed by atoms with E-state index in [1.807, 2.05) is 30.3 Å². The molecule has 8 nitrogen and oxygen atoms in total. The van der Waals surface area contributed by atoms with Gasteiger partial charge in [-0.1, -0.05) is 30.0 Å². The zero-order chi connectivity index (χ0) is 17.5. The maximum absolute atomic E-state index is 12.4. The second-order valence-electron chi connectivity index (χ2n) is 5.95. The fourth-order valence-electron chi connectivity index (χ4n) is 2.96. The molecule has 1 aromatic heterocycles. The summed E-state index contributed by atoms with van der Waals surface area (Å²) in [6.45, 7) is 2.70. The molecule has 1 aromatic carbocycles. The van der Waals surface area contributed by atoms with Crippen molar-refractivity contribution < 1.29 is 15.0 Å². The Morgan fingerprint density at radius 1 is 1.42 bits per heavy atom. The zero-order valence-corrected chi connectivity index (χ0v) is 15.5. The van der Waals surface area contributed by atoms with Crippen molar-refractivity contribution in [3.05, 3.63) is 42.2 Å². The molecule has 2 unspecified atom stereocenters. The maximum atomic E-state index is 12.4. The molecular formula is C17H25N5O3S. The number of amides is 1. The number of hydrogen-bond donors (Lipinski definition) is 2. The SMILES string of the molecule is COC1CN(CCSc2ncn[nH]2)CCC1NC(=O)c1ccccc1.O. The molecule has 26 heavy (non-hydrogen) atoms. The van der Waals surface area contributed by atoms with Gasteiger partial charge in [-0.2, -0.15) is 5.10 Å². The zero-order valence-electron chi connectivity index (χ0n) is 14.7. The fraction of sp³-hybridized carbons (Fsp3) is 0.471. The van der Waals surface area contributed by atoms with Gasteiger partial charge in [-0.25, -0.2) is 4.98 Å². The molecule has 2 aromatic rings. The van der Waals surface area contributed by atoms with E-state index in [9.17, 15) is 4.79 Å². The lowest BCUT2D eigenvalue weighted by molar-refractivity contribution is 0.00837. The van der Waals surface area contributed by atoms with Crippen LogP contribution >= 0.6 is 11.8 Å². The first-order chi connectivity index (χ1) is 12.3. The number of rotatable bonds is 7. The lowest BCUT2D eigenvalue weighted by atomic mass is 10.0. The van der Waals surface area contributed by atoms with E-state index in [4.69, 9.17) is 4.74 Å². The highest BCUT2D eigenvalue weighted by molar-refractivity contribution is 7.99. The highest BCUT2D eigenvalue weighted by atomic mass is 32.2. The Kier molecular flexibility index (Phi) is 8.05. The molecule has 2 atom stereocenters. The largest absolute Gasteiger partial charge is 0.412 e. The lowest BCUT2D eigenvalue weighted by Crippen LogP contribution is -2.55. The molecule has 3 rings (SSSR count). The third kappa shape index (κ3) is 5.53. The number of aromatic amines is 1. The van der Waals surface area contributed by atoms with Gasteiger partial charge in [-0.15, -0.1) is 0 Å². The van der Waals surface area contributed by atoms with Crippen LogP contribution in [0, 0.1) is 0 Å². The van der Waals surface area contributed by atoms with E-state index in [-0.39, 0.29) is 23.5 Å². The van der Waals surface area contributed by atoms with Gasteiger partial charge in [-0.3, -0.25) is 14.8 Å². The van der Waals surface area contributed by atoms with Crippen LogP contribution in [0.2, 0.25) is 0 Å². The number of nitrogens with one attached hydrogen (secondary N) is 2. The van der Waals surface area contributed by atoms with Crippen molar-refractivity contribution in [2.45, 2.75) is 23.7 Å². The van der Waals surface area contributed by atoms with Crippen LogP contribution in [0.25, 0.3) is 0 Å².